The molecule has 1 heterocycles. The second-order valence-corrected chi connectivity index (χ2v) is 8.53. The summed E-state index contributed by atoms with van der Waals surface area (Å²) in [5.74, 6) is 0. The van der Waals surface area contributed by atoms with E-state index in [1.165, 1.54) is 12.6 Å². The maximum atomic E-state index is 12.8. The van der Waals surface area contributed by atoms with Gasteiger partial charge in [0.1, 0.15) is 4.90 Å². The molecule has 112 valence electrons. The van der Waals surface area contributed by atoms with Crippen molar-refractivity contribution in [2.75, 3.05) is 11.9 Å². The van der Waals surface area contributed by atoms with Crippen molar-refractivity contribution in [1.29, 1.82) is 0 Å². The summed E-state index contributed by atoms with van der Waals surface area (Å²) in [4.78, 5) is 4.24. The van der Waals surface area contributed by atoms with Crippen molar-refractivity contribution in [1.82, 2.24) is 9.29 Å². The molecule has 0 aliphatic heterocycles. The van der Waals surface area contributed by atoms with Gasteiger partial charge in [0, 0.05) is 34.8 Å². The number of sulfonamides is 1. The summed E-state index contributed by atoms with van der Waals surface area (Å²) in [6, 6.07) is 1.73. The van der Waals surface area contributed by atoms with Gasteiger partial charge in [-0.25, -0.2) is 8.42 Å². The lowest BCUT2D eigenvalue weighted by atomic mass is 9.95. The van der Waals surface area contributed by atoms with Crippen LogP contribution in [-0.4, -0.2) is 35.6 Å². The lowest BCUT2D eigenvalue weighted by Gasteiger charge is -2.33. The first-order valence-corrected chi connectivity index (χ1v) is 10.1. The van der Waals surface area contributed by atoms with Crippen LogP contribution in [0.2, 0.25) is 0 Å². The molecule has 0 bridgehead atoms. The molecule has 0 saturated heterocycles. The quantitative estimate of drug-likeness (QED) is 0.677. The van der Waals surface area contributed by atoms with Crippen LogP contribution in [0.15, 0.2) is 27.8 Å². The van der Waals surface area contributed by atoms with Crippen LogP contribution in [0.4, 0.5) is 0 Å². The molecule has 20 heavy (non-hydrogen) atoms. The molecule has 0 unspecified atom stereocenters. The predicted octanol–water partition coefficient (Wildman–Crippen LogP) is 3.56. The Balaban J connectivity index is 2.31. The highest BCUT2D eigenvalue weighted by atomic mass is 79.9. The van der Waals surface area contributed by atoms with Crippen molar-refractivity contribution in [3.63, 3.8) is 0 Å². The average molecular weight is 426 g/mol. The Morgan fingerprint density at radius 1 is 1.25 bits per heavy atom. The number of halogens is 2. The monoisotopic (exact) mass is 424 g/mol. The highest BCUT2D eigenvalue weighted by Crippen LogP contribution is 2.28. The number of hydrogen-bond acceptors (Lipinski definition) is 3. The average Bonchev–Trinajstić information content (AvgIpc) is 2.45. The Kier molecular flexibility index (Phi) is 6.01. The van der Waals surface area contributed by atoms with Crippen LogP contribution in [-0.2, 0) is 10.0 Å². The third-order valence-electron chi connectivity index (χ3n) is 3.57. The van der Waals surface area contributed by atoms with Gasteiger partial charge in [-0.1, -0.05) is 35.2 Å². The molecule has 4 nitrogen and oxygen atoms in total. The fraction of sp³-hybridized carbons (Fsp3) is 0.615. The van der Waals surface area contributed by atoms with E-state index in [0.29, 0.717) is 16.3 Å². The van der Waals surface area contributed by atoms with E-state index >= 15 is 0 Å². The molecule has 1 aromatic rings. The number of hydrogen-bond donors (Lipinski definition) is 0. The Hall–Kier alpha value is 0.0200. The van der Waals surface area contributed by atoms with Gasteiger partial charge < -0.3 is 0 Å². The highest BCUT2D eigenvalue weighted by Gasteiger charge is 2.32. The van der Waals surface area contributed by atoms with Gasteiger partial charge in [0.15, 0.2) is 0 Å². The summed E-state index contributed by atoms with van der Waals surface area (Å²) in [6.45, 7) is 0.500. The fourth-order valence-corrected chi connectivity index (χ4v) is 5.43. The number of pyridine rings is 1. The topological polar surface area (TPSA) is 50.3 Å². The Labute approximate surface area is 137 Å². The molecule has 0 radical (unpaired) electrons. The molecular weight excluding hydrogens is 408 g/mol. The zero-order valence-electron chi connectivity index (χ0n) is 11.1. The minimum absolute atomic E-state index is 0.116. The van der Waals surface area contributed by atoms with Crippen molar-refractivity contribution in [2.24, 2.45) is 0 Å². The summed E-state index contributed by atoms with van der Waals surface area (Å²) >= 11 is 6.65. The van der Waals surface area contributed by atoms with E-state index in [1.54, 1.807) is 16.6 Å². The van der Waals surface area contributed by atoms with Crippen molar-refractivity contribution < 1.29 is 8.42 Å². The lowest BCUT2D eigenvalue weighted by molar-refractivity contribution is 0.263. The zero-order chi connectivity index (χ0) is 14.6. The van der Waals surface area contributed by atoms with Crippen LogP contribution in [0.5, 0.6) is 0 Å². The molecule has 2 rings (SSSR count). The lowest BCUT2D eigenvalue weighted by Crippen LogP contribution is -2.42. The number of rotatable bonds is 5. The van der Waals surface area contributed by atoms with Gasteiger partial charge in [-0.05, 0) is 34.8 Å². The summed E-state index contributed by atoms with van der Waals surface area (Å²) in [6.07, 6.45) is 8.34. The highest BCUT2D eigenvalue weighted by molar-refractivity contribution is 9.10. The first kappa shape index (κ1) is 16.4. The smallest absolute Gasteiger partial charge is 0.244 e. The minimum Gasteiger partial charge on any atom is -0.262 e. The molecule has 0 amide bonds. The SMILES string of the molecule is O=S(=O)(c1cncc(Br)c1)N(CCBr)C1CCCCC1. The van der Waals surface area contributed by atoms with E-state index in [1.807, 2.05) is 0 Å². The molecule has 0 aromatic carbocycles. The molecular formula is C13H18Br2N2O2S. The van der Waals surface area contributed by atoms with Crippen LogP contribution >= 0.6 is 31.9 Å². The van der Waals surface area contributed by atoms with Gasteiger partial charge in [-0.3, -0.25) is 4.98 Å². The Morgan fingerprint density at radius 2 is 1.95 bits per heavy atom. The fourth-order valence-electron chi connectivity index (χ4n) is 2.62. The third-order valence-corrected chi connectivity index (χ3v) is 6.28. The first-order valence-electron chi connectivity index (χ1n) is 6.74. The predicted molar refractivity (Wildman–Crippen MR) is 86.5 cm³/mol. The molecule has 7 heteroatoms. The van der Waals surface area contributed by atoms with Gasteiger partial charge in [0.25, 0.3) is 0 Å². The second kappa shape index (κ2) is 7.33. The van der Waals surface area contributed by atoms with E-state index in [-0.39, 0.29) is 10.9 Å². The third kappa shape index (κ3) is 3.81. The van der Waals surface area contributed by atoms with Gasteiger partial charge in [0.05, 0.1) is 0 Å². The van der Waals surface area contributed by atoms with Gasteiger partial charge >= 0.3 is 0 Å². The normalized spacial score (nSPS) is 17.6. The van der Waals surface area contributed by atoms with E-state index in [2.05, 4.69) is 36.8 Å². The van der Waals surface area contributed by atoms with E-state index in [0.717, 1.165) is 25.7 Å². The molecule has 1 saturated carbocycles. The van der Waals surface area contributed by atoms with E-state index in [4.69, 9.17) is 0 Å². The molecule has 0 N–H and O–H groups in total. The number of alkyl halides is 1. The minimum atomic E-state index is -3.47. The Morgan fingerprint density at radius 3 is 2.55 bits per heavy atom. The van der Waals surface area contributed by atoms with Gasteiger partial charge in [-0.2, -0.15) is 4.31 Å². The van der Waals surface area contributed by atoms with Crippen LogP contribution in [0, 0.1) is 0 Å². The van der Waals surface area contributed by atoms with Crippen LogP contribution in [0.25, 0.3) is 0 Å². The van der Waals surface area contributed by atoms with Crippen LogP contribution in [0.3, 0.4) is 0 Å². The number of nitrogens with zero attached hydrogens (tertiary/aromatic N) is 2. The summed E-state index contributed by atoms with van der Waals surface area (Å²) in [5, 5.41) is 0.643. The molecule has 0 atom stereocenters. The number of aromatic nitrogens is 1. The molecule has 0 spiro atoms. The maximum Gasteiger partial charge on any atom is 0.244 e. The second-order valence-electron chi connectivity index (χ2n) is 4.94. The van der Waals surface area contributed by atoms with E-state index in [9.17, 15) is 8.42 Å². The van der Waals surface area contributed by atoms with Gasteiger partial charge in [-0.15, -0.1) is 0 Å². The van der Waals surface area contributed by atoms with E-state index < -0.39 is 10.0 Å². The largest absolute Gasteiger partial charge is 0.262 e. The standard InChI is InChI=1S/C13H18Br2N2O2S/c14-6-7-17(12-4-2-1-3-5-12)20(18,19)13-8-11(15)9-16-10-13/h8-10,12H,1-7H2. The van der Waals surface area contributed by atoms with Crippen LogP contribution < -0.4 is 0 Å². The Bertz CT molecular complexity index is 545. The molecule has 1 aromatic heterocycles. The zero-order valence-corrected chi connectivity index (χ0v) is 15.1. The van der Waals surface area contributed by atoms with Crippen molar-refractivity contribution >= 4 is 41.9 Å². The molecule has 1 fully saturated rings. The van der Waals surface area contributed by atoms with Crippen LogP contribution in [0.1, 0.15) is 32.1 Å². The van der Waals surface area contributed by atoms with Crippen molar-refractivity contribution in [2.45, 2.75) is 43.0 Å². The summed E-state index contributed by atoms with van der Waals surface area (Å²) in [5.41, 5.74) is 0. The van der Waals surface area contributed by atoms with Crippen molar-refractivity contribution in [3.8, 4) is 0 Å². The summed E-state index contributed by atoms with van der Waals surface area (Å²) < 4.78 is 28.0. The summed E-state index contributed by atoms with van der Waals surface area (Å²) in [7, 11) is -3.47. The molecule has 1 aliphatic carbocycles. The molecule has 1 aliphatic rings. The first-order chi connectivity index (χ1) is 9.55. The van der Waals surface area contributed by atoms with Crippen molar-refractivity contribution in [3.05, 3.63) is 22.9 Å². The van der Waals surface area contributed by atoms with Gasteiger partial charge in [0.2, 0.25) is 10.0 Å². The maximum absolute atomic E-state index is 12.8.